The maximum absolute atomic E-state index is 12.1. The Morgan fingerprint density at radius 2 is 2.04 bits per heavy atom. The molecule has 27 heavy (non-hydrogen) atoms. The largest absolute Gasteiger partial charge is 0.504 e. The molecule has 0 unspecified atom stereocenters. The topological polar surface area (TPSA) is 143 Å². The van der Waals surface area contributed by atoms with Gasteiger partial charge in [0.15, 0.2) is 24.5 Å². The summed E-state index contributed by atoms with van der Waals surface area (Å²) in [6.45, 7) is 0.671. The maximum atomic E-state index is 12.1. The van der Waals surface area contributed by atoms with Crippen molar-refractivity contribution in [2.45, 2.75) is 31.5 Å². The second-order valence-corrected chi connectivity index (χ2v) is 6.08. The van der Waals surface area contributed by atoms with Crippen LogP contribution in [0.4, 0.5) is 0 Å². The van der Waals surface area contributed by atoms with E-state index in [-0.39, 0.29) is 23.9 Å². The lowest BCUT2D eigenvalue weighted by atomic mass is 10.1. The molecule has 0 aliphatic carbocycles. The number of hydrogen-bond acceptors (Lipinski definition) is 8. The zero-order chi connectivity index (χ0) is 19.6. The van der Waals surface area contributed by atoms with Crippen molar-refractivity contribution in [3.05, 3.63) is 56.9 Å². The third kappa shape index (κ3) is 3.88. The van der Waals surface area contributed by atoms with Crippen molar-refractivity contribution < 1.29 is 29.5 Å². The zero-order valence-electron chi connectivity index (χ0n) is 14.4. The minimum Gasteiger partial charge on any atom is -0.504 e. The number of aliphatic hydroxyl groups is 2. The van der Waals surface area contributed by atoms with Crippen LogP contribution in [-0.4, -0.2) is 56.6 Å². The van der Waals surface area contributed by atoms with Crippen molar-refractivity contribution in [1.82, 2.24) is 9.55 Å². The van der Waals surface area contributed by atoms with Crippen molar-refractivity contribution in [2.75, 3.05) is 13.4 Å². The number of aromatic nitrogens is 2. The number of para-hydroxylation sites is 2. The SMILES string of the molecule is Cc1cn([C@@H]2O[C@H](CO)[C@@H](O)[C@H]2OCOc2ccccc2O)c(=O)[nH]c1=O. The van der Waals surface area contributed by atoms with Crippen LogP contribution in [0.25, 0.3) is 0 Å². The average Bonchev–Trinajstić information content (AvgIpc) is 2.95. The van der Waals surface area contributed by atoms with Crippen LogP contribution >= 0.6 is 0 Å². The molecule has 1 saturated heterocycles. The van der Waals surface area contributed by atoms with Crippen molar-refractivity contribution in [3.8, 4) is 11.5 Å². The molecular formula is C17H20N2O8. The molecule has 0 amide bonds. The van der Waals surface area contributed by atoms with Crippen LogP contribution in [0.2, 0.25) is 0 Å². The molecule has 0 radical (unpaired) electrons. The summed E-state index contributed by atoms with van der Waals surface area (Å²) in [4.78, 5) is 25.8. The molecule has 0 bridgehead atoms. The fraction of sp³-hybridized carbons (Fsp3) is 0.412. The number of hydrogen-bond donors (Lipinski definition) is 4. The molecule has 2 heterocycles. The summed E-state index contributed by atoms with van der Waals surface area (Å²) in [5.74, 6) is 0.0970. The van der Waals surface area contributed by atoms with E-state index >= 15 is 0 Å². The van der Waals surface area contributed by atoms with Gasteiger partial charge in [-0.25, -0.2) is 4.79 Å². The van der Waals surface area contributed by atoms with Gasteiger partial charge in [-0.15, -0.1) is 0 Å². The van der Waals surface area contributed by atoms with E-state index in [1.54, 1.807) is 12.1 Å². The van der Waals surface area contributed by atoms with E-state index in [0.717, 1.165) is 4.57 Å². The zero-order valence-corrected chi connectivity index (χ0v) is 14.4. The smallest absolute Gasteiger partial charge is 0.330 e. The Bertz CT molecular complexity index is 908. The molecule has 0 saturated carbocycles. The molecule has 0 spiro atoms. The van der Waals surface area contributed by atoms with Gasteiger partial charge in [0.1, 0.15) is 18.3 Å². The number of phenolic OH excluding ortho intramolecular Hbond substituents is 1. The van der Waals surface area contributed by atoms with Crippen LogP contribution in [0, 0.1) is 6.92 Å². The highest BCUT2D eigenvalue weighted by Crippen LogP contribution is 2.31. The van der Waals surface area contributed by atoms with E-state index in [1.165, 1.54) is 25.3 Å². The van der Waals surface area contributed by atoms with E-state index in [1.807, 2.05) is 0 Å². The van der Waals surface area contributed by atoms with E-state index < -0.39 is 42.4 Å². The molecule has 1 aromatic heterocycles. The molecule has 146 valence electrons. The van der Waals surface area contributed by atoms with Crippen LogP contribution in [0.3, 0.4) is 0 Å². The number of nitrogens with one attached hydrogen (secondary N) is 1. The van der Waals surface area contributed by atoms with Crippen LogP contribution in [0.15, 0.2) is 40.1 Å². The van der Waals surface area contributed by atoms with Gasteiger partial charge in [0.25, 0.3) is 5.56 Å². The Balaban J connectivity index is 1.80. The number of aliphatic hydroxyl groups excluding tert-OH is 2. The van der Waals surface area contributed by atoms with Gasteiger partial charge in [0.05, 0.1) is 6.61 Å². The Hall–Kier alpha value is -2.66. The molecule has 1 aliphatic heterocycles. The van der Waals surface area contributed by atoms with Crippen molar-refractivity contribution in [3.63, 3.8) is 0 Å². The second-order valence-electron chi connectivity index (χ2n) is 6.08. The summed E-state index contributed by atoms with van der Waals surface area (Å²) in [6, 6.07) is 6.26. The Morgan fingerprint density at radius 3 is 2.74 bits per heavy atom. The van der Waals surface area contributed by atoms with Gasteiger partial charge < -0.3 is 29.5 Å². The number of aryl methyl sites for hydroxylation is 1. The van der Waals surface area contributed by atoms with Crippen LogP contribution in [0.5, 0.6) is 11.5 Å². The van der Waals surface area contributed by atoms with E-state index in [2.05, 4.69) is 4.98 Å². The van der Waals surface area contributed by atoms with Gasteiger partial charge in [0.2, 0.25) is 0 Å². The predicted molar refractivity (Wildman–Crippen MR) is 91.5 cm³/mol. The average molecular weight is 380 g/mol. The minimum absolute atomic E-state index is 0.0819. The summed E-state index contributed by atoms with van der Waals surface area (Å²) in [7, 11) is 0. The van der Waals surface area contributed by atoms with Gasteiger partial charge >= 0.3 is 5.69 Å². The summed E-state index contributed by atoms with van der Waals surface area (Å²) < 4.78 is 17.5. The fourth-order valence-electron chi connectivity index (χ4n) is 2.80. The van der Waals surface area contributed by atoms with Gasteiger partial charge in [-0.05, 0) is 19.1 Å². The normalized spacial score (nSPS) is 24.9. The van der Waals surface area contributed by atoms with Crippen molar-refractivity contribution in [1.29, 1.82) is 0 Å². The minimum atomic E-state index is -1.24. The highest BCUT2D eigenvalue weighted by atomic mass is 16.7. The van der Waals surface area contributed by atoms with Crippen molar-refractivity contribution in [2.24, 2.45) is 0 Å². The van der Waals surface area contributed by atoms with Crippen LogP contribution < -0.4 is 16.0 Å². The molecule has 1 aromatic carbocycles. The lowest BCUT2D eigenvalue weighted by molar-refractivity contribution is -0.111. The number of nitrogens with zero attached hydrogens (tertiary/aromatic N) is 1. The van der Waals surface area contributed by atoms with Crippen LogP contribution in [-0.2, 0) is 9.47 Å². The number of aromatic hydroxyl groups is 1. The maximum Gasteiger partial charge on any atom is 0.330 e. The number of benzene rings is 1. The molecular weight excluding hydrogens is 360 g/mol. The fourth-order valence-corrected chi connectivity index (χ4v) is 2.80. The number of ether oxygens (including phenoxy) is 3. The summed E-state index contributed by atoms with van der Waals surface area (Å²) in [6.07, 6.45) is -3.08. The van der Waals surface area contributed by atoms with Crippen LogP contribution in [0.1, 0.15) is 11.8 Å². The van der Waals surface area contributed by atoms with Crippen molar-refractivity contribution >= 4 is 0 Å². The molecule has 2 aromatic rings. The highest BCUT2D eigenvalue weighted by molar-refractivity contribution is 5.37. The summed E-state index contributed by atoms with van der Waals surface area (Å²) in [5, 5.41) is 29.4. The first-order valence-electron chi connectivity index (χ1n) is 8.21. The van der Waals surface area contributed by atoms with Gasteiger partial charge in [-0.1, -0.05) is 12.1 Å². The predicted octanol–water partition coefficient (Wildman–Crippen LogP) is -0.777. The summed E-state index contributed by atoms with van der Waals surface area (Å²) >= 11 is 0. The summed E-state index contributed by atoms with van der Waals surface area (Å²) in [5.41, 5.74) is -1.00. The molecule has 1 aliphatic rings. The molecule has 3 rings (SSSR count). The molecule has 10 nitrogen and oxygen atoms in total. The highest BCUT2D eigenvalue weighted by Gasteiger charge is 2.46. The second kappa shape index (κ2) is 7.92. The van der Waals surface area contributed by atoms with Gasteiger partial charge in [0, 0.05) is 11.8 Å². The Morgan fingerprint density at radius 1 is 1.30 bits per heavy atom. The molecule has 1 fully saturated rings. The first-order chi connectivity index (χ1) is 12.9. The molecule has 10 heteroatoms. The molecule has 4 atom stereocenters. The van der Waals surface area contributed by atoms with Gasteiger partial charge in [-0.3, -0.25) is 14.3 Å². The first kappa shape index (κ1) is 19.1. The quantitative estimate of drug-likeness (QED) is 0.478. The van der Waals surface area contributed by atoms with Gasteiger partial charge in [-0.2, -0.15) is 0 Å². The first-order valence-corrected chi connectivity index (χ1v) is 8.21. The number of phenols is 1. The number of H-pyrrole nitrogens is 1. The standard InChI is InChI=1S/C17H20N2O8/c1-9-6-19(17(24)18-15(9)23)16-14(13(22)12(7-20)27-16)26-8-25-11-5-3-2-4-10(11)21/h2-6,12-14,16,20-22H,7-8H2,1H3,(H,18,23,24)/t12-,13-,14-,16-/m1/s1. The third-order valence-electron chi connectivity index (χ3n) is 4.25. The molecule has 4 N–H and O–H groups in total. The third-order valence-corrected chi connectivity index (χ3v) is 4.25. The Kier molecular flexibility index (Phi) is 5.61. The monoisotopic (exact) mass is 380 g/mol. The van der Waals surface area contributed by atoms with E-state index in [4.69, 9.17) is 14.2 Å². The number of aromatic amines is 1. The Labute approximate surface area is 153 Å². The van der Waals surface area contributed by atoms with E-state index in [9.17, 15) is 24.9 Å². The lowest BCUT2D eigenvalue weighted by Crippen LogP contribution is -2.40. The number of rotatable bonds is 6. The van der Waals surface area contributed by atoms with E-state index in [0.29, 0.717) is 0 Å². The lowest BCUT2D eigenvalue weighted by Gasteiger charge is -2.22.